The standard InChI is InChI=1S/C19H17N3O4S/c23-18-17(27-19(20-18)21-10-4-1-5-11-21)12-13-8-9-16(26-13)14-6-2-3-7-15(14)22(24)25/h2-3,6-9,12H,1,4-5,10-11H2/b17-12+. The van der Waals surface area contributed by atoms with Crippen LogP contribution in [0.3, 0.4) is 0 Å². The molecular weight excluding hydrogens is 366 g/mol. The largest absolute Gasteiger partial charge is 0.456 e. The summed E-state index contributed by atoms with van der Waals surface area (Å²) in [6, 6.07) is 9.78. The zero-order valence-electron chi connectivity index (χ0n) is 14.5. The maximum absolute atomic E-state index is 12.2. The Morgan fingerprint density at radius 3 is 2.70 bits per heavy atom. The predicted octanol–water partition coefficient (Wildman–Crippen LogP) is 4.31. The molecule has 0 spiro atoms. The molecule has 138 valence electrons. The molecule has 2 aliphatic rings. The first-order valence-corrected chi connectivity index (χ1v) is 9.54. The number of nitro groups is 1. The molecule has 0 unspecified atom stereocenters. The van der Waals surface area contributed by atoms with Crippen LogP contribution in [-0.4, -0.2) is 34.0 Å². The number of benzene rings is 1. The second-order valence-corrected chi connectivity index (χ2v) is 7.34. The number of para-hydroxylation sites is 1. The lowest BCUT2D eigenvalue weighted by molar-refractivity contribution is -0.384. The van der Waals surface area contributed by atoms with Crippen molar-refractivity contribution in [3.63, 3.8) is 0 Å². The molecule has 2 aliphatic heterocycles. The number of hydrogen-bond acceptors (Lipinski definition) is 6. The van der Waals surface area contributed by atoms with Crippen molar-refractivity contribution < 1.29 is 14.1 Å². The molecule has 0 bridgehead atoms. The molecule has 1 saturated heterocycles. The van der Waals surface area contributed by atoms with Gasteiger partial charge in [-0.25, -0.2) is 0 Å². The van der Waals surface area contributed by atoms with Gasteiger partial charge in [-0.1, -0.05) is 12.1 Å². The number of aliphatic imine (C=N–C) groups is 1. The second kappa shape index (κ2) is 7.40. The fourth-order valence-electron chi connectivity index (χ4n) is 3.16. The normalized spacial score (nSPS) is 18.8. The van der Waals surface area contributed by atoms with E-state index < -0.39 is 4.92 Å². The van der Waals surface area contributed by atoms with Gasteiger partial charge in [0.25, 0.3) is 11.6 Å². The summed E-state index contributed by atoms with van der Waals surface area (Å²) in [5, 5.41) is 11.9. The zero-order valence-corrected chi connectivity index (χ0v) is 15.3. The molecule has 0 radical (unpaired) electrons. The highest BCUT2D eigenvalue weighted by atomic mass is 32.2. The lowest BCUT2D eigenvalue weighted by atomic mass is 10.1. The van der Waals surface area contributed by atoms with Gasteiger partial charge in [-0.15, -0.1) is 0 Å². The van der Waals surface area contributed by atoms with Crippen molar-refractivity contribution in [3.05, 3.63) is 57.2 Å². The van der Waals surface area contributed by atoms with E-state index in [-0.39, 0.29) is 11.6 Å². The number of rotatable bonds is 3. The zero-order chi connectivity index (χ0) is 18.8. The van der Waals surface area contributed by atoms with E-state index in [1.807, 2.05) is 0 Å². The van der Waals surface area contributed by atoms with Crippen LogP contribution in [0.2, 0.25) is 0 Å². The summed E-state index contributed by atoms with van der Waals surface area (Å²) in [7, 11) is 0. The Kier molecular flexibility index (Phi) is 4.81. The third-order valence-electron chi connectivity index (χ3n) is 4.50. The Morgan fingerprint density at radius 2 is 1.93 bits per heavy atom. The van der Waals surface area contributed by atoms with Crippen molar-refractivity contribution in [3.8, 4) is 11.3 Å². The summed E-state index contributed by atoms with van der Waals surface area (Å²) in [5.41, 5.74) is 0.385. The molecule has 0 atom stereocenters. The van der Waals surface area contributed by atoms with E-state index in [0.29, 0.717) is 22.0 Å². The summed E-state index contributed by atoms with van der Waals surface area (Å²) in [6.45, 7) is 1.85. The number of nitrogens with zero attached hydrogens (tertiary/aromatic N) is 3. The smallest absolute Gasteiger partial charge is 0.286 e. The molecule has 0 N–H and O–H groups in total. The predicted molar refractivity (Wildman–Crippen MR) is 104 cm³/mol. The van der Waals surface area contributed by atoms with E-state index in [1.54, 1.807) is 36.4 Å². The lowest BCUT2D eigenvalue weighted by Crippen LogP contribution is -2.33. The number of amidine groups is 1. The van der Waals surface area contributed by atoms with Crippen LogP contribution in [-0.2, 0) is 4.79 Å². The Labute approximate surface area is 159 Å². The lowest BCUT2D eigenvalue weighted by Gasteiger charge is -2.27. The van der Waals surface area contributed by atoms with Gasteiger partial charge in [0.15, 0.2) is 5.17 Å². The molecule has 0 aliphatic carbocycles. The molecule has 2 aromatic rings. The second-order valence-electron chi connectivity index (χ2n) is 6.33. The average molecular weight is 383 g/mol. The summed E-state index contributed by atoms with van der Waals surface area (Å²) >= 11 is 1.35. The fraction of sp³-hybridized carbons (Fsp3) is 0.263. The maximum atomic E-state index is 12.2. The number of thioether (sulfide) groups is 1. The molecule has 1 aromatic heterocycles. The van der Waals surface area contributed by atoms with Gasteiger partial charge < -0.3 is 9.32 Å². The quantitative estimate of drug-likeness (QED) is 0.446. The molecule has 4 rings (SSSR count). The summed E-state index contributed by atoms with van der Waals surface area (Å²) < 4.78 is 5.74. The van der Waals surface area contributed by atoms with Crippen molar-refractivity contribution in [2.75, 3.05) is 13.1 Å². The van der Waals surface area contributed by atoms with Gasteiger partial charge in [-0.3, -0.25) is 14.9 Å². The highest BCUT2D eigenvalue weighted by Crippen LogP contribution is 2.34. The Bertz CT molecular complexity index is 957. The van der Waals surface area contributed by atoms with Crippen LogP contribution in [0, 0.1) is 10.1 Å². The number of carbonyl (C=O) groups excluding carboxylic acids is 1. The minimum Gasteiger partial charge on any atom is -0.456 e. The first-order valence-electron chi connectivity index (χ1n) is 8.73. The minimum absolute atomic E-state index is 0.0203. The van der Waals surface area contributed by atoms with E-state index in [4.69, 9.17) is 4.42 Å². The monoisotopic (exact) mass is 383 g/mol. The van der Waals surface area contributed by atoms with Crippen LogP contribution < -0.4 is 0 Å². The number of hydrogen-bond donors (Lipinski definition) is 0. The number of piperidine rings is 1. The van der Waals surface area contributed by atoms with Crippen LogP contribution in [0.1, 0.15) is 25.0 Å². The first-order chi connectivity index (χ1) is 13.1. The number of amides is 1. The Hall–Kier alpha value is -2.87. The number of furan rings is 1. The van der Waals surface area contributed by atoms with Crippen molar-refractivity contribution >= 4 is 34.6 Å². The molecule has 1 amide bonds. The maximum Gasteiger partial charge on any atom is 0.286 e. The van der Waals surface area contributed by atoms with Crippen molar-refractivity contribution in [1.82, 2.24) is 4.90 Å². The molecule has 8 heteroatoms. The van der Waals surface area contributed by atoms with E-state index in [1.165, 1.54) is 24.2 Å². The molecular formula is C19H17N3O4S. The fourth-order valence-corrected chi connectivity index (χ4v) is 4.11. The van der Waals surface area contributed by atoms with Gasteiger partial charge in [0.2, 0.25) is 0 Å². The van der Waals surface area contributed by atoms with Crippen LogP contribution in [0.25, 0.3) is 17.4 Å². The van der Waals surface area contributed by atoms with Gasteiger partial charge in [0, 0.05) is 25.2 Å². The molecule has 7 nitrogen and oxygen atoms in total. The number of likely N-dealkylation sites (tertiary alicyclic amines) is 1. The molecule has 1 aromatic carbocycles. The van der Waals surface area contributed by atoms with Gasteiger partial charge in [-0.05, 0) is 49.2 Å². The van der Waals surface area contributed by atoms with Crippen molar-refractivity contribution in [2.45, 2.75) is 19.3 Å². The van der Waals surface area contributed by atoms with E-state index in [0.717, 1.165) is 31.1 Å². The van der Waals surface area contributed by atoms with Gasteiger partial charge >= 0.3 is 0 Å². The highest BCUT2D eigenvalue weighted by molar-refractivity contribution is 8.18. The van der Waals surface area contributed by atoms with Gasteiger partial charge in [-0.2, -0.15) is 4.99 Å². The minimum atomic E-state index is -0.439. The summed E-state index contributed by atoms with van der Waals surface area (Å²) in [5.74, 6) is 0.583. The number of carbonyl (C=O) groups is 1. The van der Waals surface area contributed by atoms with Crippen LogP contribution in [0.5, 0.6) is 0 Å². The van der Waals surface area contributed by atoms with Crippen LogP contribution in [0.4, 0.5) is 5.69 Å². The van der Waals surface area contributed by atoms with E-state index in [2.05, 4.69) is 9.89 Å². The topological polar surface area (TPSA) is 89.0 Å². The molecule has 1 fully saturated rings. The van der Waals surface area contributed by atoms with Gasteiger partial charge in [0.1, 0.15) is 11.5 Å². The summed E-state index contributed by atoms with van der Waals surface area (Å²) in [4.78, 5) is 29.8. The molecule has 3 heterocycles. The average Bonchev–Trinajstić information content (AvgIpc) is 3.30. The first kappa shape index (κ1) is 17.5. The van der Waals surface area contributed by atoms with E-state index in [9.17, 15) is 14.9 Å². The van der Waals surface area contributed by atoms with Crippen LogP contribution in [0.15, 0.2) is 50.7 Å². The third-order valence-corrected chi connectivity index (χ3v) is 5.55. The molecule has 27 heavy (non-hydrogen) atoms. The highest BCUT2D eigenvalue weighted by Gasteiger charge is 2.27. The Balaban J connectivity index is 1.55. The van der Waals surface area contributed by atoms with Gasteiger partial charge in [0.05, 0.1) is 15.4 Å². The third kappa shape index (κ3) is 3.66. The molecule has 0 saturated carbocycles. The van der Waals surface area contributed by atoms with E-state index >= 15 is 0 Å². The Morgan fingerprint density at radius 1 is 1.15 bits per heavy atom. The number of nitro benzene ring substituents is 1. The van der Waals surface area contributed by atoms with Crippen molar-refractivity contribution in [1.29, 1.82) is 0 Å². The summed E-state index contributed by atoms with van der Waals surface area (Å²) in [6.07, 6.45) is 5.09. The van der Waals surface area contributed by atoms with Crippen molar-refractivity contribution in [2.24, 2.45) is 4.99 Å². The SMILES string of the molecule is O=C1N=C(N2CCCCC2)S/C1=C/c1ccc(-c2ccccc2[N+](=O)[O-])o1. The van der Waals surface area contributed by atoms with Crippen LogP contribution >= 0.6 is 11.8 Å².